The zero-order chi connectivity index (χ0) is 12.1. The molecule has 88 valence electrons. The molecule has 0 saturated heterocycles. The number of amides is 1. The largest absolute Gasteiger partial charge is 0.343 e. The maximum Gasteiger partial charge on any atom is 0.270 e. The molecule has 2 rings (SSSR count). The summed E-state index contributed by atoms with van der Waals surface area (Å²) in [6.07, 6.45) is 2.97. The number of aromatic nitrogens is 4. The minimum absolute atomic E-state index is 0.259. The Morgan fingerprint density at radius 2 is 2.29 bits per heavy atom. The minimum atomic E-state index is -0.259. The van der Waals surface area contributed by atoms with E-state index in [2.05, 4.69) is 25.5 Å². The molecule has 2 aromatic heterocycles. The van der Waals surface area contributed by atoms with Crippen LogP contribution in [0.25, 0.3) is 0 Å². The van der Waals surface area contributed by atoms with Crippen molar-refractivity contribution in [3.63, 3.8) is 0 Å². The second kappa shape index (κ2) is 5.17. The van der Waals surface area contributed by atoms with Crippen LogP contribution in [0, 0.1) is 0 Å². The molecular weight excluding hydrogens is 220 g/mol. The van der Waals surface area contributed by atoms with Crippen molar-refractivity contribution < 1.29 is 4.79 Å². The van der Waals surface area contributed by atoms with Crippen LogP contribution in [0.4, 0.5) is 0 Å². The molecule has 17 heavy (non-hydrogen) atoms. The molecule has 0 aliphatic heterocycles. The number of nitrogens with one attached hydrogen (secondary N) is 2. The Morgan fingerprint density at radius 1 is 1.41 bits per heavy atom. The van der Waals surface area contributed by atoms with Crippen molar-refractivity contribution in [1.29, 1.82) is 0 Å². The van der Waals surface area contributed by atoms with Crippen LogP contribution >= 0.6 is 0 Å². The number of pyridine rings is 1. The fraction of sp³-hybridized carbons (Fsp3) is 0.200. The summed E-state index contributed by atoms with van der Waals surface area (Å²) in [7, 11) is 0. The van der Waals surface area contributed by atoms with Crippen molar-refractivity contribution in [2.45, 2.75) is 13.1 Å². The highest BCUT2D eigenvalue weighted by Crippen LogP contribution is 1.99. The van der Waals surface area contributed by atoms with Crippen LogP contribution in [0.5, 0.6) is 0 Å². The van der Waals surface area contributed by atoms with Crippen LogP contribution < -0.4 is 11.1 Å². The average molecular weight is 232 g/mol. The Morgan fingerprint density at radius 3 is 2.88 bits per heavy atom. The first kappa shape index (κ1) is 11.2. The molecule has 1 amide bonds. The van der Waals surface area contributed by atoms with Gasteiger partial charge in [-0.05, 0) is 11.6 Å². The first-order valence-electron chi connectivity index (χ1n) is 5.07. The third-order valence-corrected chi connectivity index (χ3v) is 2.17. The first-order valence-corrected chi connectivity index (χ1v) is 5.07. The maximum absolute atomic E-state index is 11.7. The number of carbonyl (C=O) groups is 1. The number of H-pyrrole nitrogens is 1. The molecule has 0 saturated carbocycles. The maximum atomic E-state index is 11.7. The summed E-state index contributed by atoms with van der Waals surface area (Å²) in [5.74, 6) is 0.335. The molecule has 0 fully saturated rings. The van der Waals surface area contributed by atoms with E-state index < -0.39 is 0 Å². The van der Waals surface area contributed by atoms with Crippen molar-refractivity contribution in [3.8, 4) is 0 Å². The van der Waals surface area contributed by atoms with Gasteiger partial charge in [0.25, 0.3) is 5.91 Å². The van der Waals surface area contributed by atoms with Crippen LogP contribution in [-0.4, -0.2) is 26.1 Å². The highest BCUT2D eigenvalue weighted by Gasteiger charge is 2.07. The Labute approximate surface area is 97.5 Å². The topological polar surface area (TPSA) is 110 Å². The third-order valence-electron chi connectivity index (χ3n) is 2.17. The summed E-state index contributed by atoms with van der Waals surface area (Å²) < 4.78 is 0. The monoisotopic (exact) mass is 232 g/mol. The number of aromatic amines is 1. The molecule has 7 heteroatoms. The number of nitrogens with two attached hydrogens (primary N) is 1. The van der Waals surface area contributed by atoms with Crippen molar-refractivity contribution in [2.75, 3.05) is 0 Å². The summed E-state index contributed by atoms with van der Waals surface area (Å²) >= 11 is 0. The fourth-order valence-electron chi connectivity index (χ4n) is 1.25. The van der Waals surface area contributed by atoms with Gasteiger partial charge in [-0.25, -0.2) is 4.98 Å². The van der Waals surface area contributed by atoms with E-state index >= 15 is 0 Å². The molecule has 0 aliphatic rings. The molecule has 2 aromatic rings. The van der Waals surface area contributed by atoms with Crippen LogP contribution in [-0.2, 0) is 13.1 Å². The predicted octanol–water partition coefficient (Wildman–Crippen LogP) is -0.412. The van der Waals surface area contributed by atoms with Gasteiger partial charge in [0, 0.05) is 12.7 Å². The van der Waals surface area contributed by atoms with E-state index in [1.807, 2.05) is 0 Å². The number of hydrogen-bond acceptors (Lipinski definition) is 5. The second-order valence-corrected chi connectivity index (χ2v) is 3.37. The van der Waals surface area contributed by atoms with E-state index in [4.69, 9.17) is 5.73 Å². The van der Waals surface area contributed by atoms with Crippen molar-refractivity contribution in [2.24, 2.45) is 5.73 Å². The first-order chi connectivity index (χ1) is 8.29. The summed E-state index contributed by atoms with van der Waals surface area (Å²) in [6.45, 7) is 0.701. The van der Waals surface area contributed by atoms with Gasteiger partial charge in [-0.2, -0.15) is 5.10 Å². The lowest BCUT2D eigenvalue weighted by Crippen LogP contribution is -2.24. The highest BCUT2D eigenvalue weighted by molar-refractivity contribution is 5.92. The quantitative estimate of drug-likeness (QED) is 0.663. The smallest absolute Gasteiger partial charge is 0.270 e. The van der Waals surface area contributed by atoms with Crippen molar-refractivity contribution >= 4 is 5.91 Å². The molecule has 0 aromatic carbocycles. The molecule has 0 unspecified atom stereocenters. The molecule has 4 N–H and O–H groups in total. The number of rotatable bonds is 4. The van der Waals surface area contributed by atoms with Gasteiger partial charge >= 0.3 is 0 Å². The van der Waals surface area contributed by atoms with E-state index in [0.717, 1.165) is 5.56 Å². The number of nitrogens with zero attached hydrogens (tertiary/aromatic N) is 3. The standard InChI is InChI=1S/C10H12N6O/c11-3-7-1-2-8(12-4-7)10(17)13-5-9-14-6-15-16-9/h1-2,4,6H,3,5,11H2,(H,13,17)(H,14,15,16). The van der Waals surface area contributed by atoms with Crippen molar-refractivity contribution in [3.05, 3.63) is 41.7 Å². The van der Waals surface area contributed by atoms with Gasteiger partial charge in [0.05, 0.1) is 6.54 Å². The van der Waals surface area contributed by atoms with Crippen LogP contribution in [0.2, 0.25) is 0 Å². The summed E-state index contributed by atoms with van der Waals surface area (Å²) in [5, 5.41) is 9.00. The summed E-state index contributed by atoms with van der Waals surface area (Å²) in [6, 6.07) is 3.41. The predicted molar refractivity (Wildman–Crippen MR) is 59.7 cm³/mol. The lowest BCUT2D eigenvalue weighted by atomic mass is 10.2. The van der Waals surface area contributed by atoms with Gasteiger partial charge in [0.1, 0.15) is 17.8 Å². The zero-order valence-electron chi connectivity index (χ0n) is 9.05. The minimum Gasteiger partial charge on any atom is -0.343 e. The van der Waals surface area contributed by atoms with Gasteiger partial charge in [-0.15, -0.1) is 0 Å². The van der Waals surface area contributed by atoms with Gasteiger partial charge in [0.15, 0.2) is 0 Å². The molecule has 2 heterocycles. The summed E-state index contributed by atoms with van der Waals surface area (Å²) in [5.41, 5.74) is 6.67. The Bertz CT molecular complexity index is 478. The van der Waals surface area contributed by atoms with E-state index in [-0.39, 0.29) is 5.91 Å². The number of carbonyl (C=O) groups excluding carboxylic acids is 1. The van der Waals surface area contributed by atoms with E-state index in [1.165, 1.54) is 6.33 Å². The molecule has 0 aliphatic carbocycles. The van der Waals surface area contributed by atoms with E-state index in [9.17, 15) is 4.79 Å². The molecular formula is C10H12N6O. The Kier molecular flexibility index (Phi) is 3.41. The van der Waals surface area contributed by atoms with Crippen LogP contribution in [0.1, 0.15) is 21.9 Å². The Balaban J connectivity index is 1.95. The fourth-order valence-corrected chi connectivity index (χ4v) is 1.25. The number of hydrogen-bond donors (Lipinski definition) is 3. The van der Waals surface area contributed by atoms with Crippen LogP contribution in [0.15, 0.2) is 24.7 Å². The molecule has 7 nitrogen and oxygen atoms in total. The van der Waals surface area contributed by atoms with E-state index in [0.29, 0.717) is 24.6 Å². The Hall–Kier alpha value is -2.28. The van der Waals surface area contributed by atoms with Gasteiger partial charge in [0.2, 0.25) is 0 Å². The molecule has 0 atom stereocenters. The van der Waals surface area contributed by atoms with E-state index in [1.54, 1.807) is 18.3 Å². The SMILES string of the molecule is NCc1ccc(C(=O)NCc2ncn[nH]2)nc1. The van der Waals surface area contributed by atoms with Crippen LogP contribution in [0.3, 0.4) is 0 Å². The highest BCUT2D eigenvalue weighted by atomic mass is 16.1. The average Bonchev–Trinajstić information content (AvgIpc) is 2.89. The molecule has 0 radical (unpaired) electrons. The lowest BCUT2D eigenvalue weighted by Gasteiger charge is -2.03. The van der Waals surface area contributed by atoms with Gasteiger partial charge in [-0.3, -0.25) is 14.9 Å². The normalized spacial score (nSPS) is 10.2. The third kappa shape index (κ3) is 2.85. The van der Waals surface area contributed by atoms with Crippen molar-refractivity contribution in [1.82, 2.24) is 25.5 Å². The second-order valence-electron chi connectivity index (χ2n) is 3.37. The lowest BCUT2D eigenvalue weighted by molar-refractivity contribution is 0.0945. The molecule has 0 bridgehead atoms. The summed E-state index contributed by atoms with van der Waals surface area (Å²) in [4.78, 5) is 19.6. The molecule has 0 spiro atoms. The van der Waals surface area contributed by atoms with Gasteiger partial charge in [-0.1, -0.05) is 6.07 Å². The zero-order valence-corrected chi connectivity index (χ0v) is 9.05. The van der Waals surface area contributed by atoms with Gasteiger partial charge < -0.3 is 11.1 Å².